The van der Waals surface area contributed by atoms with Gasteiger partial charge in [-0.2, -0.15) is 20.1 Å². The van der Waals surface area contributed by atoms with Crippen LogP contribution in [-0.2, 0) is 54.2 Å². The van der Waals surface area contributed by atoms with Gasteiger partial charge in [-0.3, -0.25) is 48.5 Å². The van der Waals surface area contributed by atoms with E-state index in [4.69, 9.17) is 108 Å². The molecule has 5 aliphatic rings. The molecular weight excluding hydrogens is 1690 g/mol. The molecule has 0 spiro atoms. The summed E-state index contributed by atoms with van der Waals surface area (Å²) in [4.78, 5) is 121. The summed E-state index contributed by atoms with van der Waals surface area (Å²) in [6, 6.07) is 11.9. The Kier molecular flexibility index (Phi) is 28.2. The number of para-hydroxylation sites is 2. The number of halogens is 6. The van der Waals surface area contributed by atoms with Gasteiger partial charge in [0.25, 0.3) is 0 Å². The predicted molar refractivity (Wildman–Crippen MR) is 464 cm³/mol. The van der Waals surface area contributed by atoms with Gasteiger partial charge in [-0.25, -0.2) is 34.3 Å². The van der Waals surface area contributed by atoms with E-state index >= 15 is 0 Å². The van der Waals surface area contributed by atoms with Crippen LogP contribution in [0.15, 0.2) is 117 Å². The van der Waals surface area contributed by atoms with Gasteiger partial charge in [0.15, 0.2) is 0 Å². The molecule has 34 nitrogen and oxygen atoms in total. The topological polar surface area (TPSA) is 361 Å². The van der Waals surface area contributed by atoms with Crippen LogP contribution in [0.1, 0.15) is 58.8 Å². The number of likely N-dealkylation sites (N-methyl/N-ethyl adjacent to an activating group) is 1. The lowest BCUT2D eigenvalue weighted by molar-refractivity contribution is -0.118. The molecule has 120 heavy (non-hydrogen) atoms. The van der Waals surface area contributed by atoms with E-state index in [9.17, 15) is 28.8 Å². The second-order valence-electron chi connectivity index (χ2n) is 27.6. The van der Waals surface area contributed by atoms with Gasteiger partial charge < -0.3 is 65.2 Å². The zero-order valence-corrected chi connectivity index (χ0v) is 72.0. The van der Waals surface area contributed by atoms with Crippen molar-refractivity contribution < 1.29 is 57.2 Å². The number of aryl methyl sites for hydroxylation is 2. The molecule has 41 heteroatoms. The van der Waals surface area contributed by atoms with E-state index in [2.05, 4.69) is 86.6 Å². The smallest absolute Gasteiger partial charge is 0.330 e. The van der Waals surface area contributed by atoms with Gasteiger partial charge in [-0.1, -0.05) is 114 Å². The van der Waals surface area contributed by atoms with Crippen LogP contribution >= 0.6 is 80.9 Å². The number of likely N-dealkylation sites (tertiary alicyclic amines) is 1. The van der Waals surface area contributed by atoms with Gasteiger partial charge in [-0.05, 0) is 63.2 Å². The number of aromatic nitrogens is 9. The van der Waals surface area contributed by atoms with Crippen molar-refractivity contribution in [2.45, 2.75) is 89.5 Å². The third-order valence-corrected chi connectivity index (χ3v) is 22.9. The zero-order chi connectivity index (χ0) is 86.1. The number of amides is 9. The molecule has 1 saturated heterocycles. The Morgan fingerprint density at radius 1 is 0.508 bits per heavy atom. The van der Waals surface area contributed by atoms with Gasteiger partial charge >= 0.3 is 18.1 Å². The maximum atomic E-state index is 14.2. The van der Waals surface area contributed by atoms with Crippen molar-refractivity contribution in [1.82, 2.24) is 60.2 Å². The number of urea groups is 3. The molecule has 0 radical (unpaired) electrons. The number of fused-ring (bicyclic) bond motifs is 3. The summed E-state index contributed by atoms with van der Waals surface area (Å²) < 4.78 is 34.0. The zero-order valence-electron chi connectivity index (χ0n) is 66.7. The first-order valence-corrected chi connectivity index (χ1v) is 40.2. The number of benzene rings is 4. The second-order valence-corrected chi connectivity index (χ2v) is 30.9. The molecular formula is C79H84Cl6N22O12S. The molecule has 4 atom stereocenters. The lowest BCUT2D eigenvalue weighted by atomic mass is 9.90. The first-order chi connectivity index (χ1) is 57.6. The van der Waals surface area contributed by atoms with Crippen LogP contribution in [-0.4, -0.2) is 179 Å². The number of hydrogen-bond donors (Lipinski definition) is 6. The van der Waals surface area contributed by atoms with Crippen molar-refractivity contribution in [3.05, 3.63) is 180 Å². The standard InChI is InChI=1S/C28H26Cl2N8O4.C28H31Cl2N7O4S.C23H27Cl2N7O4/c1-5-22(39)32-18-8-6-7-9-19(18)33-27-31-13-16-14-37(25-23(29)20(41-3)12-21(42-4)24(25)30)28(40)38(26(16)34-27)15-17-10-11-36(2)35-17;1-5-22(38)33-18-8-6-7-9-19(18)34-27-31-11-16-12-36(25-23(29)20(40-3)10-21(41-4)24(25)30)28(39)37(26(16)35-27)13-17-14-42-15(2)32-17;1-6-17(33)27-13-10-30(2)11-14(13)28-22-26-8-12-9-32(23(34)31(3)21(12)29-22)20-18(24)15(35-4)7-16(36-5)19(20)25/h5-13H,1,14-15H2,2-4H3,(H,32,39)(H,31,33,34);5,10-11,14,18-19H,1,6-9,12-13H2,2-4H3,(H,33,38)(H,31,34,35);6-8,13-14H,1,9-11H2,2-5H3,(H,27,33)(H,26,28,29). The highest BCUT2D eigenvalue weighted by atomic mass is 35.5. The molecule has 9 amide bonds. The van der Waals surface area contributed by atoms with E-state index < -0.39 is 12.1 Å². The number of thiazole rings is 1. The maximum Gasteiger partial charge on any atom is 0.330 e. The van der Waals surface area contributed by atoms with Gasteiger partial charge in [0.05, 0.1) is 132 Å². The van der Waals surface area contributed by atoms with E-state index in [0.29, 0.717) is 116 Å². The Morgan fingerprint density at radius 3 is 1.37 bits per heavy atom. The van der Waals surface area contributed by atoms with Gasteiger partial charge in [0.1, 0.15) is 82.1 Å². The van der Waals surface area contributed by atoms with Crippen LogP contribution in [0.25, 0.3) is 0 Å². The monoisotopic (exact) mass is 1770 g/mol. The highest BCUT2D eigenvalue weighted by Crippen LogP contribution is 2.52. The highest BCUT2D eigenvalue weighted by molar-refractivity contribution is 7.09. The summed E-state index contributed by atoms with van der Waals surface area (Å²) >= 11 is 41.4. The number of hydrogen-bond acceptors (Lipinski definition) is 25. The van der Waals surface area contributed by atoms with Crippen molar-refractivity contribution in [3.8, 4) is 34.5 Å². The first-order valence-electron chi connectivity index (χ1n) is 37.0. The summed E-state index contributed by atoms with van der Waals surface area (Å²) in [5, 5.41) is 26.7. The molecule has 1 saturated carbocycles. The van der Waals surface area contributed by atoms with Gasteiger partial charge in [-0.15, -0.1) is 11.3 Å². The third-order valence-electron chi connectivity index (χ3n) is 19.9. The number of carbonyl (C=O) groups is 6. The average molecular weight is 1780 g/mol. The minimum Gasteiger partial charge on any atom is -0.495 e. The molecule has 14 rings (SSSR count). The van der Waals surface area contributed by atoms with Crippen molar-refractivity contribution >= 4 is 180 Å². The van der Waals surface area contributed by atoms with E-state index in [1.165, 1.54) is 102 Å². The fraction of sp³-hybridized carbons (Fsp3) is 0.316. The van der Waals surface area contributed by atoms with Crippen LogP contribution in [0.4, 0.5) is 78.1 Å². The van der Waals surface area contributed by atoms with Crippen LogP contribution < -0.4 is 89.7 Å². The molecule has 9 heterocycles. The average Bonchev–Trinajstić information content (AvgIpc) is 0.895. The quantitative estimate of drug-likeness (QED) is 0.0289. The van der Waals surface area contributed by atoms with E-state index in [0.717, 1.165) is 30.7 Å². The number of rotatable bonds is 25. The second kappa shape index (κ2) is 38.6. The van der Waals surface area contributed by atoms with Crippen molar-refractivity contribution in [1.29, 1.82) is 0 Å². The number of carbonyl (C=O) groups excluding carboxylic acids is 6. The van der Waals surface area contributed by atoms with Crippen LogP contribution in [0.3, 0.4) is 0 Å². The van der Waals surface area contributed by atoms with E-state index in [1.807, 2.05) is 19.4 Å². The molecule has 630 valence electrons. The molecule has 4 unspecified atom stereocenters. The largest absolute Gasteiger partial charge is 0.495 e. The number of methoxy groups -OCH3 is 6. The van der Waals surface area contributed by atoms with Gasteiger partial charge in [0, 0.05) is 104 Å². The van der Waals surface area contributed by atoms with Crippen molar-refractivity contribution in [3.63, 3.8) is 0 Å². The molecule has 4 aliphatic heterocycles. The number of ether oxygens (including phenoxy) is 6. The molecule has 4 aromatic carbocycles. The Bertz CT molecular complexity index is 5370. The Morgan fingerprint density at radius 2 is 0.917 bits per heavy atom. The summed E-state index contributed by atoms with van der Waals surface area (Å²) in [5.41, 5.74) is 5.16. The van der Waals surface area contributed by atoms with Crippen molar-refractivity contribution in [2.24, 2.45) is 7.05 Å². The number of nitrogens with zero attached hydrogens (tertiary/aromatic N) is 16. The summed E-state index contributed by atoms with van der Waals surface area (Å²) in [7, 11) is 14.2. The summed E-state index contributed by atoms with van der Waals surface area (Å²) in [6.45, 7) is 14.4. The maximum absolute atomic E-state index is 14.2. The van der Waals surface area contributed by atoms with Crippen LogP contribution in [0.2, 0.25) is 30.1 Å². The SMILES string of the molecule is C=CC(=O)NC1CCCCC1Nc1ncc2c(n1)N(Cc1csc(C)n1)C(=O)N(c1c(Cl)c(OC)cc(OC)c1Cl)C2.C=CC(=O)NC1CN(C)CC1Nc1ncc2c(n1)N(C)C(=O)N(c1c(Cl)c(OC)cc(OC)c1Cl)C2.C=CC(=O)Nc1ccccc1Nc1ncc2c(n1)N(Cc1ccn(C)n1)C(=O)N(c1c(Cl)c(OC)cc(OC)c1Cl)C2. The van der Waals surface area contributed by atoms with Crippen LogP contribution in [0.5, 0.6) is 34.5 Å². The molecule has 2 fully saturated rings. The Labute approximate surface area is 724 Å². The minimum absolute atomic E-state index is 0.0644. The molecule has 6 N–H and O–H groups in total. The normalized spacial score (nSPS) is 16.7. The molecule has 5 aromatic heterocycles. The first kappa shape index (κ1) is 87.6. The highest BCUT2D eigenvalue weighted by Gasteiger charge is 2.42. The van der Waals surface area contributed by atoms with Crippen molar-refractivity contribution in [2.75, 3.05) is 121 Å². The fourth-order valence-corrected chi connectivity index (χ4v) is 16.7. The lowest BCUT2D eigenvalue weighted by Gasteiger charge is -2.37. The summed E-state index contributed by atoms with van der Waals surface area (Å²) in [5.74, 6) is 3.21. The minimum atomic E-state index is -0.449. The predicted octanol–water partition coefficient (Wildman–Crippen LogP) is 14.1. The Balaban J connectivity index is 0.000000166. The lowest BCUT2D eigenvalue weighted by Crippen LogP contribution is -2.49. The van der Waals surface area contributed by atoms with Crippen LogP contribution in [0, 0.1) is 6.92 Å². The number of nitrogens with one attached hydrogen (secondary N) is 6. The van der Waals surface area contributed by atoms with E-state index in [-0.39, 0.29) is 134 Å². The molecule has 0 bridgehead atoms. The molecule has 1 aliphatic carbocycles. The van der Waals surface area contributed by atoms with Gasteiger partial charge in [0.2, 0.25) is 35.6 Å². The summed E-state index contributed by atoms with van der Waals surface area (Å²) in [6.07, 6.45) is 14.1. The fourth-order valence-electron chi connectivity index (χ4n) is 14.0. The third kappa shape index (κ3) is 19.0. The number of anilines is 11. The van der Waals surface area contributed by atoms with E-state index in [1.54, 1.807) is 92.1 Å². The molecule has 9 aromatic rings. The Hall–Kier alpha value is -11.7.